The third-order valence-corrected chi connectivity index (χ3v) is 3.15. The maximum atomic E-state index is 10.7. The zero-order valence-corrected chi connectivity index (χ0v) is 10.7. The van der Waals surface area contributed by atoms with Gasteiger partial charge in [-0.05, 0) is 29.3 Å². The van der Waals surface area contributed by atoms with E-state index < -0.39 is 18.1 Å². The van der Waals surface area contributed by atoms with Gasteiger partial charge in [0.25, 0.3) is 0 Å². The quantitative estimate of drug-likeness (QED) is 0.767. The van der Waals surface area contributed by atoms with Gasteiger partial charge < -0.3 is 15.5 Å². The number of fused-ring (bicyclic) bond motifs is 1. The summed E-state index contributed by atoms with van der Waals surface area (Å²) < 4.78 is 0. The minimum Gasteiger partial charge on any atom is -0.480 e. The molecule has 2 aromatic carbocycles. The lowest BCUT2D eigenvalue weighted by molar-refractivity contribution is -0.139. The highest BCUT2D eigenvalue weighted by Crippen LogP contribution is 2.20. The van der Waals surface area contributed by atoms with Gasteiger partial charge in [0.05, 0.1) is 6.10 Å². The third kappa shape index (κ3) is 3.30. The molecule has 2 aromatic rings. The Kier molecular flexibility index (Phi) is 4.14. The van der Waals surface area contributed by atoms with E-state index in [1.165, 1.54) is 0 Å². The number of aliphatic carboxylic acids is 1. The van der Waals surface area contributed by atoms with Gasteiger partial charge in [0.15, 0.2) is 0 Å². The first kappa shape index (κ1) is 13.5. The molecule has 0 aromatic heterocycles. The topological polar surface area (TPSA) is 69.6 Å². The largest absolute Gasteiger partial charge is 0.480 e. The summed E-state index contributed by atoms with van der Waals surface area (Å²) in [5.41, 5.74) is 0.781. The normalized spacial score (nSPS) is 14.2. The molecule has 4 nitrogen and oxygen atoms in total. The molecular formula is C15H17NO3. The van der Waals surface area contributed by atoms with Crippen molar-refractivity contribution in [2.45, 2.75) is 19.1 Å². The van der Waals surface area contributed by atoms with E-state index in [0.717, 1.165) is 16.3 Å². The van der Waals surface area contributed by atoms with Gasteiger partial charge in [0, 0.05) is 6.54 Å². The van der Waals surface area contributed by atoms with Gasteiger partial charge in [0.2, 0.25) is 0 Å². The molecule has 0 aliphatic carbocycles. The number of nitrogens with one attached hydrogen (secondary N) is 1. The molecule has 0 fully saturated rings. The molecule has 0 saturated heterocycles. The van der Waals surface area contributed by atoms with Crippen LogP contribution in [0.3, 0.4) is 0 Å². The first-order valence-electron chi connectivity index (χ1n) is 6.21. The van der Waals surface area contributed by atoms with Gasteiger partial charge in [-0.3, -0.25) is 4.79 Å². The summed E-state index contributed by atoms with van der Waals surface area (Å²) in [6.45, 7) is 1.77. The van der Waals surface area contributed by atoms with Crippen LogP contribution in [-0.4, -0.2) is 28.8 Å². The fourth-order valence-electron chi connectivity index (χ4n) is 1.91. The van der Waals surface area contributed by atoms with Crippen LogP contribution in [0.4, 0.5) is 0 Å². The summed E-state index contributed by atoms with van der Waals surface area (Å²) >= 11 is 0. The summed E-state index contributed by atoms with van der Waals surface area (Å²) in [6.07, 6.45) is -0.716. The number of aliphatic hydroxyl groups excluding tert-OH is 1. The monoisotopic (exact) mass is 259 g/mol. The van der Waals surface area contributed by atoms with Crippen molar-refractivity contribution in [3.8, 4) is 0 Å². The predicted octanol–water partition coefficient (Wildman–Crippen LogP) is 1.94. The molecule has 2 rings (SSSR count). The summed E-state index contributed by atoms with van der Waals surface area (Å²) in [4.78, 5) is 10.7. The number of rotatable bonds is 5. The van der Waals surface area contributed by atoms with E-state index in [0.29, 0.717) is 0 Å². The Hall–Kier alpha value is -1.91. The Morgan fingerprint density at radius 3 is 2.58 bits per heavy atom. The Morgan fingerprint density at radius 1 is 1.21 bits per heavy atom. The van der Waals surface area contributed by atoms with Crippen LogP contribution in [-0.2, 0) is 4.79 Å². The van der Waals surface area contributed by atoms with Crippen molar-refractivity contribution in [3.63, 3.8) is 0 Å². The van der Waals surface area contributed by atoms with Crippen LogP contribution >= 0.6 is 0 Å². The van der Waals surface area contributed by atoms with Crippen molar-refractivity contribution in [1.82, 2.24) is 5.32 Å². The molecule has 0 heterocycles. The highest BCUT2D eigenvalue weighted by atomic mass is 16.4. The van der Waals surface area contributed by atoms with Crippen molar-refractivity contribution in [3.05, 3.63) is 48.0 Å². The smallest absolute Gasteiger partial charge is 0.320 e. The third-order valence-electron chi connectivity index (χ3n) is 3.15. The van der Waals surface area contributed by atoms with Crippen LogP contribution in [0.5, 0.6) is 0 Å². The number of aliphatic hydroxyl groups is 1. The first-order valence-corrected chi connectivity index (χ1v) is 6.21. The van der Waals surface area contributed by atoms with E-state index >= 15 is 0 Å². The molecule has 0 bridgehead atoms. The van der Waals surface area contributed by atoms with Crippen molar-refractivity contribution in [1.29, 1.82) is 0 Å². The highest BCUT2D eigenvalue weighted by molar-refractivity contribution is 5.83. The zero-order valence-electron chi connectivity index (χ0n) is 10.7. The van der Waals surface area contributed by atoms with Crippen LogP contribution in [0, 0.1) is 0 Å². The molecule has 0 aliphatic heterocycles. The minimum absolute atomic E-state index is 0.214. The SMILES string of the molecule is CC(NCC(O)c1ccc2ccccc2c1)C(=O)O. The van der Waals surface area contributed by atoms with Gasteiger partial charge in [-0.15, -0.1) is 0 Å². The molecule has 2 unspecified atom stereocenters. The molecule has 0 amide bonds. The average Bonchev–Trinajstić information content (AvgIpc) is 2.43. The van der Waals surface area contributed by atoms with Crippen molar-refractivity contribution >= 4 is 16.7 Å². The zero-order chi connectivity index (χ0) is 13.8. The summed E-state index contributed by atoms with van der Waals surface area (Å²) in [6, 6.07) is 13.0. The molecule has 2 atom stereocenters. The van der Waals surface area contributed by atoms with Gasteiger partial charge in [-0.25, -0.2) is 0 Å². The van der Waals surface area contributed by atoms with E-state index in [1.54, 1.807) is 6.92 Å². The Bertz CT molecular complexity index is 582. The Labute approximate surface area is 111 Å². The van der Waals surface area contributed by atoms with Crippen LogP contribution in [0.1, 0.15) is 18.6 Å². The number of carboxylic acids is 1. The maximum Gasteiger partial charge on any atom is 0.320 e. The van der Waals surface area contributed by atoms with E-state index in [-0.39, 0.29) is 6.54 Å². The van der Waals surface area contributed by atoms with Gasteiger partial charge in [-0.2, -0.15) is 0 Å². The molecule has 0 saturated carbocycles. The van der Waals surface area contributed by atoms with Gasteiger partial charge >= 0.3 is 5.97 Å². The molecule has 0 aliphatic rings. The van der Waals surface area contributed by atoms with Crippen molar-refractivity contribution in [2.75, 3.05) is 6.54 Å². The second kappa shape index (κ2) is 5.82. The summed E-state index contributed by atoms with van der Waals surface area (Å²) in [5, 5.41) is 23.8. The second-order valence-electron chi connectivity index (χ2n) is 4.59. The Balaban J connectivity index is 2.08. The summed E-state index contributed by atoms with van der Waals surface area (Å²) in [5.74, 6) is -0.925. The fraction of sp³-hybridized carbons (Fsp3) is 0.267. The lowest BCUT2D eigenvalue weighted by Gasteiger charge is -2.15. The molecule has 3 N–H and O–H groups in total. The van der Waals surface area contributed by atoms with Crippen LogP contribution in [0.15, 0.2) is 42.5 Å². The number of carboxylic acid groups (broad SMARTS) is 1. The van der Waals surface area contributed by atoms with E-state index in [4.69, 9.17) is 5.11 Å². The lowest BCUT2D eigenvalue weighted by atomic mass is 10.0. The maximum absolute atomic E-state index is 10.7. The van der Waals surface area contributed by atoms with Crippen molar-refractivity contribution in [2.24, 2.45) is 0 Å². The second-order valence-corrected chi connectivity index (χ2v) is 4.59. The molecule has 19 heavy (non-hydrogen) atoms. The van der Waals surface area contributed by atoms with E-state index in [1.807, 2.05) is 42.5 Å². The van der Waals surface area contributed by atoms with Crippen LogP contribution in [0.2, 0.25) is 0 Å². The number of benzene rings is 2. The van der Waals surface area contributed by atoms with E-state index in [9.17, 15) is 9.90 Å². The average molecular weight is 259 g/mol. The lowest BCUT2D eigenvalue weighted by Crippen LogP contribution is -2.36. The molecule has 100 valence electrons. The molecular weight excluding hydrogens is 242 g/mol. The molecule has 0 spiro atoms. The molecule has 0 radical (unpaired) electrons. The summed E-state index contributed by atoms with van der Waals surface area (Å²) in [7, 11) is 0. The fourth-order valence-corrected chi connectivity index (χ4v) is 1.91. The predicted molar refractivity (Wildman–Crippen MR) is 74.0 cm³/mol. The van der Waals surface area contributed by atoms with Crippen LogP contribution < -0.4 is 5.32 Å². The number of hydrogen-bond acceptors (Lipinski definition) is 3. The number of carbonyl (C=O) groups is 1. The Morgan fingerprint density at radius 2 is 1.89 bits per heavy atom. The van der Waals surface area contributed by atoms with Crippen molar-refractivity contribution < 1.29 is 15.0 Å². The molecule has 4 heteroatoms. The standard InChI is InChI=1S/C15H17NO3/c1-10(15(18)19)16-9-14(17)13-7-6-11-4-2-3-5-12(11)8-13/h2-8,10,14,16-17H,9H2,1H3,(H,18,19). The van der Waals surface area contributed by atoms with Gasteiger partial charge in [-0.1, -0.05) is 36.4 Å². The van der Waals surface area contributed by atoms with E-state index in [2.05, 4.69) is 5.32 Å². The number of hydrogen-bond donors (Lipinski definition) is 3. The van der Waals surface area contributed by atoms with Gasteiger partial charge in [0.1, 0.15) is 6.04 Å². The van der Waals surface area contributed by atoms with Crippen LogP contribution in [0.25, 0.3) is 10.8 Å². The highest BCUT2D eigenvalue weighted by Gasteiger charge is 2.13. The first-order chi connectivity index (χ1) is 9.08. The minimum atomic E-state index is -0.925.